The Balaban J connectivity index is 2.32. The normalized spacial score (nSPS) is 10.3. The van der Waals surface area contributed by atoms with Gasteiger partial charge >= 0.3 is 0 Å². The van der Waals surface area contributed by atoms with Crippen molar-refractivity contribution in [3.8, 4) is 0 Å². The summed E-state index contributed by atoms with van der Waals surface area (Å²) < 4.78 is 0. The molecule has 4 nitrogen and oxygen atoms in total. The Morgan fingerprint density at radius 2 is 1.90 bits per heavy atom. The van der Waals surface area contributed by atoms with Crippen LogP contribution in [0.2, 0.25) is 0 Å². The summed E-state index contributed by atoms with van der Waals surface area (Å²) >= 11 is 0. The van der Waals surface area contributed by atoms with E-state index in [0.717, 1.165) is 42.3 Å². The highest BCUT2D eigenvalue weighted by Crippen LogP contribution is 2.25. The number of hydrogen-bond donors (Lipinski definition) is 2. The van der Waals surface area contributed by atoms with Gasteiger partial charge in [-0.1, -0.05) is 25.5 Å². The maximum absolute atomic E-state index is 4.40. The van der Waals surface area contributed by atoms with Crippen LogP contribution in [0.1, 0.15) is 31.4 Å². The topological polar surface area (TPSA) is 49.8 Å². The zero-order valence-electron chi connectivity index (χ0n) is 12.4. The lowest BCUT2D eigenvalue weighted by Gasteiger charge is -2.14. The van der Waals surface area contributed by atoms with Gasteiger partial charge in [0.25, 0.3) is 0 Å². The lowest BCUT2D eigenvalue weighted by Crippen LogP contribution is -2.08. The van der Waals surface area contributed by atoms with Gasteiger partial charge in [-0.2, -0.15) is 0 Å². The molecular formula is C16H22N4. The lowest BCUT2D eigenvalue weighted by atomic mass is 10.1. The molecule has 0 amide bonds. The van der Waals surface area contributed by atoms with Crippen LogP contribution in [-0.2, 0) is 6.42 Å². The third-order valence-electron chi connectivity index (χ3n) is 3.07. The summed E-state index contributed by atoms with van der Waals surface area (Å²) in [4.78, 5) is 8.75. The second-order valence-electron chi connectivity index (χ2n) is 4.82. The van der Waals surface area contributed by atoms with Crippen LogP contribution in [0.15, 0.2) is 30.6 Å². The SMILES string of the molecule is CCCc1c(NCC)ncnc1Nc1cccc(C)c1. The van der Waals surface area contributed by atoms with E-state index in [-0.39, 0.29) is 0 Å². The van der Waals surface area contributed by atoms with Crippen molar-refractivity contribution in [1.29, 1.82) is 0 Å². The van der Waals surface area contributed by atoms with Gasteiger partial charge in [-0.15, -0.1) is 0 Å². The first-order valence-corrected chi connectivity index (χ1v) is 7.16. The monoisotopic (exact) mass is 270 g/mol. The summed E-state index contributed by atoms with van der Waals surface area (Å²) in [6.45, 7) is 7.18. The van der Waals surface area contributed by atoms with Crippen molar-refractivity contribution in [2.24, 2.45) is 0 Å². The van der Waals surface area contributed by atoms with Crippen molar-refractivity contribution in [2.75, 3.05) is 17.2 Å². The van der Waals surface area contributed by atoms with Gasteiger partial charge in [0, 0.05) is 17.8 Å². The number of anilines is 3. The summed E-state index contributed by atoms with van der Waals surface area (Å²) in [7, 11) is 0. The quantitative estimate of drug-likeness (QED) is 0.835. The largest absolute Gasteiger partial charge is 0.370 e. The van der Waals surface area contributed by atoms with Crippen molar-refractivity contribution < 1.29 is 0 Å². The highest BCUT2D eigenvalue weighted by Gasteiger charge is 2.10. The molecule has 0 atom stereocenters. The summed E-state index contributed by atoms with van der Waals surface area (Å²) in [5.74, 6) is 1.82. The molecule has 1 heterocycles. The maximum Gasteiger partial charge on any atom is 0.139 e. The van der Waals surface area contributed by atoms with Crippen LogP contribution in [0.4, 0.5) is 17.3 Å². The van der Waals surface area contributed by atoms with Crippen LogP contribution in [0.3, 0.4) is 0 Å². The minimum Gasteiger partial charge on any atom is -0.370 e. The Labute approximate surface area is 120 Å². The van der Waals surface area contributed by atoms with E-state index in [1.54, 1.807) is 6.33 Å². The van der Waals surface area contributed by atoms with E-state index < -0.39 is 0 Å². The molecule has 1 aromatic carbocycles. The van der Waals surface area contributed by atoms with E-state index in [1.807, 2.05) is 6.07 Å². The van der Waals surface area contributed by atoms with Gasteiger partial charge in [0.15, 0.2) is 0 Å². The molecule has 0 unspecified atom stereocenters. The molecule has 20 heavy (non-hydrogen) atoms. The number of rotatable bonds is 6. The number of nitrogens with zero attached hydrogens (tertiary/aromatic N) is 2. The van der Waals surface area contributed by atoms with E-state index in [2.05, 4.69) is 59.6 Å². The van der Waals surface area contributed by atoms with Crippen molar-refractivity contribution in [3.05, 3.63) is 41.7 Å². The second kappa shape index (κ2) is 6.89. The number of aryl methyl sites for hydroxylation is 1. The zero-order valence-corrected chi connectivity index (χ0v) is 12.4. The third kappa shape index (κ3) is 3.47. The number of hydrogen-bond acceptors (Lipinski definition) is 4. The summed E-state index contributed by atoms with van der Waals surface area (Å²) in [6.07, 6.45) is 3.63. The van der Waals surface area contributed by atoms with E-state index >= 15 is 0 Å². The maximum atomic E-state index is 4.40. The zero-order chi connectivity index (χ0) is 14.4. The second-order valence-corrected chi connectivity index (χ2v) is 4.82. The van der Waals surface area contributed by atoms with Crippen LogP contribution < -0.4 is 10.6 Å². The van der Waals surface area contributed by atoms with Gasteiger partial charge in [-0.05, 0) is 38.0 Å². The molecule has 0 aliphatic heterocycles. The molecule has 106 valence electrons. The van der Waals surface area contributed by atoms with Crippen LogP contribution in [0.5, 0.6) is 0 Å². The van der Waals surface area contributed by atoms with Gasteiger partial charge in [-0.25, -0.2) is 9.97 Å². The minimum atomic E-state index is 0.859. The Kier molecular flexibility index (Phi) is 4.93. The Bertz CT molecular complexity index is 566. The first-order chi connectivity index (χ1) is 9.74. The molecule has 4 heteroatoms. The molecule has 1 aromatic heterocycles. The average Bonchev–Trinajstić information content (AvgIpc) is 2.43. The Hall–Kier alpha value is -2.10. The smallest absolute Gasteiger partial charge is 0.139 e. The summed E-state index contributed by atoms with van der Waals surface area (Å²) in [5.41, 5.74) is 3.44. The number of aromatic nitrogens is 2. The highest BCUT2D eigenvalue weighted by atomic mass is 15.1. The summed E-state index contributed by atoms with van der Waals surface area (Å²) in [5, 5.41) is 6.71. The van der Waals surface area contributed by atoms with E-state index in [9.17, 15) is 0 Å². The van der Waals surface area contributed by atoms with Gasteiger partial charge in [-0.3, -0.25) is 0 Å². The third-order valence-corrected chi connectivity index (χ3v) is 3.07. The Morgan fingerprint density at radius 3 is 2.60 bits per heavy atom. The van der Waals surface area contributed by atoms with Gasteiger partial charge in [0.1, 0.15) is 18.0 Å². The minimum absolute atomic E-state index is 0.859. The first kappa shape index (κ1) is 14.3. The van der Waals surface area contributed by atoms with E-state index in [0.29, 0.717) is 0 Å². The van der Waals surface area contributed by atoms with Crippen molar-refractivity contribution in [3.63, 3.8) is 0 Å². The molecule has 0 fully saturated rings. The molecule has 0 aliphatic carbocycles. The van der Waals surface area contributed by atoms with Crippen LogP contribution in [0, 0.1) is 6.92 Å². The van der Waals surface area contributed by atoms with Crippen molar-refractivity contribution >= 4 is 17.3 Å². The summed E-state index contributed by atoms with van der Waals surface area (Å²) in [6, 6.07) is 8.30. The molecule has 0 saturated carbocycles. The fraction of sp³-hybridized carbons (Fsp3) is 0.375. The van der Waals surface area contributed by atoms with E-state index in [1.165, 1.54) is 5.56 Å². The highest BCUT2D eigenvalue weighted by molar-refractivity contribution is 5.65. The number of nitrogens with one attached hydrogen (secondary N) is 2. The molecule has 0 spiro atoms. The average molecular weight is 270 g/mol. The van der Waals surface area contributed by atoms with Crippen molar-refractivity contribution in [2.45, 2.75) is 33.6 Å². The first-order valence-electron chi connectivity index (χ1n) is 7.16. The van der Waals surface area contributed by atoms with Crippen molar-refractivity contribution in [1.82, 2.24) is 9.97 Å². The molecular weight excluding hydrogens is 248 g/mol. The van der Waals surface area contributed by atoms with Gasteiger partial charge in [0.2, 0.25) is 0 Å². The molecule has 0 bridgehead atoms. The van der Waals surface area contributed by atoms with Crippen LogP contribution in [-0.4, -0.2) is 16.5 Å². The molecule has 2 aromatic rings. The molecule has 0 radical (unpaired) electrons. The van der Waals surface area contributed by atoms with Gasteiger partial charge in [0.05, 0.1) is 0 Å². The predicted octanol–water partition coefficient (Wildman–Crippen LogP) is 3.91. The molecule has 2 N–H and O–H groups in total. The number of benzene rings is 1. The predicted molar refractivity (Wildman–Crippen MR) is 84.7 cm³/mol. The molecule has 0 saturated heterocycles. The van der Waals surface area contributed by atoms with E-state index in [4.69, 9.17) is 0 Å². The molecule has 2 rings (SSSR count). The fourth-order valence-corrected chi connectivity index (χ4v) is 2.19. The molecule has 0 aliphatic rings. The lowest BCUT2D eigenvalue weighted by molar-refractivity contribution is 0.902. The standard InChI is InChI=1S/C16H22N4/c1-4-7-14-15(17-5-2)18-11-19-16(14)20-13-9-6-8-12(3)10-13/h6,8-11H,4-5,7H2,1-3H3,(H2,17,18,19,20). The fourth-order valence-electron chi connectivity index (χ4n) is 2.19. The Morgan fingerprint density at radius 1 is 1.10 bits per heavy atom. The van der Waals surface area contributed by atoms with Crippen LogP contribution >= 0.6 is 0 Å². The van der Waals surface area contributed by atoms with Gasteiger partial charge < -0.3 is 10.6 Å². The van der Waals surface area contributed by atoms with Crippen LogP contribution in [0.25, 0.3) is 0 Å².